The van der Waals surface area contributed by atoms with Gasteiger partial charge in [-0.3, -0.25) is 4.79 Å². The Kier molecular flexibility index (Phi) is 5.74. The van der Waals surface area contributed by atoms with Gasteiger partial charge in [0.1, 0.15) is 0 Å². The predicted octanol–water partition coefficient (Wildman–Crippen LogP) is 3.42. The lowest BCUT2D eigenvalue weighted by atomic mass is 9.94. The van der Waals surface area contributed by atoms with Gasteiger partial charge in [0.25, 0.3) is 0 Å². The number of hydrogen-bond acceptors (Lipinski definition) is 3. The molecule has 0 radical (unpaired) electrons. The van der Waals surface area contributed by atoms with Gasteiger partial charge in [-0.15, -0.1) is 0 Å². The molecule has 1 aliphatic heterocycles. The Morgan fingerprint density at radius 3 is 2.31 bits per heavy atom. The molecule has 1 aliphatic rings. The van der Waals surface area contributed by atoms with Gasteiger partial charge >= 0.3 is 0 Å². The number of para-hydroxylation sites is 1. The molecule has 1 amide bonds. The van der Waals surface area contributed by atoms with Crippen molar-refractivity contribution in [3.63, 3.8) is 0 Å². The number of hydrogen-bond donors (Lipinski definition) is 1. The second-order valence-electron chi connectivity index (χ2n) is 6.73. The number of nitrogens with one attached hydrogen (secondary N) is 1. The maximum Gasteiger partial charge on any atom is 0.243 e. The highest BCUT2D eigenvalue weighted by atomic mass is 32.2. The molecule has 5 nitrogen and oxygen atoms in total. The molecule has 0 aliphatic carbocycles. The fourth-order valence-electron chi connectivity index (χ4n) is 3.27. The minimum atomic E-state index is -3.44. The lowest BCUT2D eigenvalue weighted by molar-refractivity contribution is -0.117. The fourth-order valence-corrected chi connectivity index (χ4v) is 4.76. The molecule has 1 saturated heterocycles. The largest absolute Gasteiger partial charge is 0.326 e. The van der Waals surface area contributed by atoms with Crippen molar-refractivity contribution in [3.05, 3.63) is 60.2 Å². The average Bonchev–Trinajstić information content (AvgIpc) is 2.65. The highest BCUT2D eigenvalue weighted by Crippen LogP contribution is 2.26. The number of nitrogens with zero attached hydrogens (tertiary/aromatic N) is 1. The Bertz CT molecular complexity index is 858. The van der Waals surface area contributed by atoms with E-state index >= 15 is 0 Å². The molecule has 0 spiro atoms. The molecule has 0 atom stereocenters. The van der Waals surface area contributed by atoms with Crippen LogP contribution in [0.3, 0.4) is 0 Å². The van der Waals surface area contributed by atoms with E-state index in [0.717, 1.165) is 11.3 Å². The molecule has 0 aromatic heterocycles. The molecule has 0 unspecified atom stereocenters. The smallest absolute Gasteiger partial charge is 0.243 e. The Hall–Kier alpha value is -2.18. The summed E-state index contributed by atoms with van der Waals surface area (Å²) in [6.07, 6.45) is 1.83. The number of benzene rings is 2. The molecule has 26 heavy (non-hydrogen) atoms. The number of amides is 1. The van der Waals surface area contributed by atoms with E-state index in [0.29, 0.717) is 37.2 Å². The molecule has 2 aromatic carbocycles. The monoisotopic (exact) mass is 372 g/mol. The van der Waals surface area contributed by atoms with Gasteiger partial charge in [0.15, 0.2) is 0 Å². The summed E-state index contributed by atoms with van der Waals surface area (Å²) < 4.78 is 26.8. The van der Waals surface area contributed by atoms with Crippen LogP contribution in [-0.4, -0.2) is 31.7 Å². The minimum absolute atomic E-state index is 0.0105. The zero-order valence-electron chi connectivity index (χ0n) is 14.9. The summed E-state index contributed by atoms with van der Waals surface area (Å²) in [4.78, 5) is 12.6. The van der Waals surface area contributed by atoms with Crippen molar-refractivity contribution in [1.29, 1.82) is 0 Å². The molecule has 0 bridgehead atoms. The second-order valence-corrected chi connectivity index (χ2v) is 8.67. The summed E-state index contributed by atoms with van der Waals surface area (Å²) in [7, 11) is -3.44. The first-order chi connectivity index (χ1) is 12.5. The van der Waals surface area contributed by atoms with Gasteiger partial charge in [-0.25, -0.2) is 8.42 Å². The van der Waals surface area contributed by atoms with Crippen LogP contribution in [0.1, 0.15) is 24.8 Å². The topological polar surface area (TPSA) is 66.5 Å². The predicted molar refractivity (Wildman–Crippen MR) is 102 cm³/mol. The lowest BCUT2D eigenvalue weighted by Gasteiger charge is -2.31. The molecule has 2 aromatic rings. The Morgan fingerprint density at radius 1 is 1.04 bits per heavy atom. The average molecular weight is 372 g/mol. The van der Waals surface area contributed by atoms with Crippen LogP contribution in [0, 0.1) is 12.8 Å². The Labute approximate surface area is 155 Å². The molecule has 6 heteroatoms. The molecule has 0 saturated carbocycles. The number of sulfonamides is 1. The van der Waals surface area contributed by atoms with Gasteiger partial charge in [0.05, 0.1) is 4.90 Å². The molecule has 1 N–H and O–H groups in total. The zero-order valence-corrected chi connectivity index (χ0v) is 15.7. The Balaban J connectivity index is 1.54. The van der Waals surface area contributed by atoms with Crippen molar-refractivity contribution in [1.82, 2.24) is 4.31 Å². The second kappa shape index (κ2) is 8.01. The van der Waals surface area contributed by atoms with Crippen LogP contribution in [0.25, 0.3) is 0 Å². The SMILES string of the molecule is Cc1ccccc1NC(=O)CC1CCN(S(=O)(=O)c2ccccc2)CC1. The molecule has 138 valence electrons. The van der Waals surface area contributed by atoms with E-state index in [2.05, 4.69) is 5.32 Å². The number of piperidine rings is 1. The van der Waals surface area contributed by atoms with Gasteiger partial charge in [-0.2, -0.15) is 4.31 Å². The lowest BCUT2D eigenvalue weighted by Crippen LogP contribution is -2.39. The molecule has 3 rings (SSSR count). The van der Waals surface area contributed by atoms with E-state index in [4.69, 9.17) is 0 Å². The van der Waals surface area contributed by atoms with Crippen molar-refractivity contribution >= 4 is 21.6 Å². The van der Waals surface area contributed by atoms with Gasteiger partial charge in [-0.05, 0) is 49.4 Å². The summed E-state index contributed by atoms with van der Waals surface area (Å²) in [5.41, 5.74) is 1.87. The van der Waals surface area contributed by atoms with Crippen LogP contribution in [0.15, 0.2) is 59.5 Å². The maximum absolute atomic E-state index is 12.6. The summed E-state index contributed by atoms with van der Waals surface area (Å²) in [6.45, 7) is 2.88. The van der Waals surface area contributed by atoms with E-state index in [9.17, 15) is 13.2 Å². The van der Waals surface area contributed by atoms with Crippen molar-refractivity contribution < 1.29 is 13.2 Å². The first kappa shape index (κ1) is 18.6. The standard InChI is InChI=1S/C20H24N2O3S/c1-16-7-5-6-10-19(16)21-20(23)15-17-11-13-22(14-12-17)26(24,25)18-8-3-2-4-9-18/h2-10,17H,11-15H2,1H3,(H,21,23). The van der Waals surface area contributed by atoms with E-state index in [-0.39, 0.29) is 11.8 Å². The van der Waals surface area contributed by atoms with Crippen LogP contribution in [0.2, 0.25) is 0 Å². The van der Waals surface area contributed by atoms with Crippen LogP contribution in [0.4, 0.5) is 5.69 Å². The highest BCUT2D eigenvalue weighted by molar-refractivity contribution is 7.89. The van der Waals surface area contributed by atoms with Gasteiger partial charge < -0.3 is 5.32 Å². The van der Waals surface area contributed by atoms with Crippen LogP contribution < -0.4 is 5.32 Å². The third-order valence-corrected chi connectivity index (χ3v) is 6.76. The highest BCUT2D eigenvalue weighted by Gasteiger charge is 2.30. The molecule has 1 fully saturated rings. The third kappa shape index (κ3) is 4.31. The van der Waals surface area contributed by atoms with Crippen LogP contribution in [-0.2, 0) is 14.8 Å². The summed E-state index contributed by atoms with van der Waals surface area (Å²) >= 11 is 0. The van der Waals surface area contributed by atoms with E-state index in [1.54, 1.807) is 30.3 Å². The Morgan fingerprint density at radius 2 is 1.65 bits per heavy atom. The van der Waals surface area contributed by atoms with Crippen molar-refractivity contribution in [3.8, 4) is 0 Å². The summed E-state index contributed by atoms with van der Waals surface area (Å²) in [5.74, 6) is 0.199. The normalized spacial score (nSPS) is 16.3. The fraction of sp³-hybridized carbons (Fsp3) is 0.350. The third-order valence-electron chi connectivity index (χ3n) is 4.85. The van der Waals surface area contributed by atoms with E-state index in [1.807, 2.05) is 31.2 Å². The first-order valence-corrected chi connectivity index (χ1v) is 10.3. The number of carbonyl (C=O) groups excluding carboxylic acids is 1. The minimum Gasteiger partial charge on any atom is -0.326 e. The van der Waals surface area contributed by atoms with E-state index < -0.39 is 10.0 Å². The summed E-state index contributed by atoms with van der Waals surface area (Å²) in [5, 5.41) is 2.95. The number of carbonyl (C=O) groups is 1. The first-order valence-electron chi connectivity index (χ1n) is 8.87. The van der Waals surface area contributed by atoms with Gasteiger partial charge in [0.2, 0.25) is 15.9 Å². The van der Waals surface area contributed by atoms with Crippen LogP contribution >= 0.6 is 0 Å². The molecule has 1 heterocycles. The van der Waals surface area contributed by atoms with Gasteiger partial charge in [0, 0.05) is 25.2 Å². The van der Waals surface area contributed by atoms with Crippen molar-refractivity contribution in [2.75, 3.05) is 18.4 Å². The summed E-state index contributed by atoms with van der Waals surface area (Å²) in [6, 6.07) is 16.2. The van der Waals surface area contributed by atoms with Crippen molar-refractivity contribution in [2.24, 2.45) is 5.92 Å². The molecular weight excluding hydrogens is 348 g/mol. The van der Waals surface area contributed by atoms with Crippen LogP contribution in [0.5, 0.6) is 0 Å². The number of aryl methyl sites for hydroxylation is 1. The quantitative estimate of drug-likeness (QED) is 0.874. The number of rotatable bonds is 5. The van der Waals surface area contributed by atoms with Crippen molar-refractivity contribution in [2.45, 2.75) is 31.1 Å². The van der Waals surface area contributed by atoms with Gasteiger partial charge in [-0.1, -0.05) is 36.4 Å². The number of anilines is 1. The zero-order chi connectivity index (χ0) is 18.6. The molecular formula is C20H24N2O3S. The maximum atomic E-state index is 12.6. The van der Waals surface area contributed by atoms with E-state index in [1.165, 1.54) is 4.31 Å².